The third kappa shape index (κ3) is 12.2. The third-order valence-electron chi connectivity index (χ3n) is 21.4. The first-order valence-electron chi connectivity index (χ1n) is 30.5. The Balaban J connectivity index is 0.798. The lowest BCUT2D eigenvalue weighted by atomic mass is 9.47. The average Bonchev–Trinajstić information content (AvgIpc) is 1.58. The standard InChI is InChI=1S/C57H92O30/c1-20(18-77-50-44(73)40(69)37(66)30(14-58)80-50)8-9-57(76-5)21(2)35-29(87-57)11-25-23-7-6-22-10-28(26(62)13-55(22,3)24(23)12-34(64)56(25,35)4)79-52-46(75)42(71)47(33(17-61)83-52)84-54-49(86-53-45(74)41(70)38(67)31(15-59)81-53)48(39(68)32(16-60)82-54)85-51-43(72)36(65)27(63)19-78-51/h12,20-23,25-33,35-54,58-63,65-75H,6-11,13-19H2,1-5H3/t20-,21+,22+,23-,25+,26-,27-,28-,29+,30-,31-,32-,33-,35+,36+,37-,38-,39-,40+,41+,42-,43-,44-,45-,46-,47+,48+,49-,50-,51+,52-,53+,54+,55+,56-,57-/m1/s1. The number of carbonyl (C=O) groups excluding carboxylic acids is 1. The summed E-state index contributed by atoms with van der Waals surface area (Å²) in [5.74, 6) is -1.81. The lowest BCUT2D eigenvalue weighted by molar-refractivity contribution is -0.404. The predicted octanol–water partition coefficient (Wildman–Crippen LogP) is -6.77. The van der Waals surface area contributed by atoms with Crippen LogP contribution in [-0.4, -0.2) is 311 Å². The second kappa shape index (κ2) is 26.9. The molecule has 0 aromatic carbocycles. The zero-order chi connectivity index (χ0) is 63.1. The van der Waals surface area contributed by atoms with Crippen molar-refractivity contribution in [3.8, 4) is 0 Å². The van der Waals surface area contributed by atoms with Crippen LogP contribution in [0.5, 0.6) is 0 Å². The molecule has 30 nitrogen and oxygen atoms in total. The SMILES string of the molecule is CO[C@]1(CC[C@@H](C)CO[C@@H]2O[C@H](CO)[C@@H](O)[C@H](O)[C@H]2O)O[C@H]2C[C@H]3[C@@H]4CC[C@H]5C[C@@H](O[C@@H]6O[C@H](CO)[C@H](O[C@@H]7O[C@H](CO)[C@@H](O)[C@H](O[C@@H]8OC[C@@H](O)[C@H](O)[C@H]8O)[C@H]7O[C@@H]7O[C@H](CO)[C@@H](O)[C@H](O)[C@H]7O)[C@H](O)[C@H]6O)[C@H](O)C[C@]5(C)C4=CC(=O)[C@]3(C)[C@H]2[C@@H]1C. The van der Waals surface area contributed by atoms with Crippen molar-refractivity contribution in [3.63, 3.8) is 0 Å². The third-order valence-corrected chi connectivity index (χ3v) is 21.4. The largest absolute Gasteiger partial charge is 0.394 e. The molecule has 6 saturated heterocycles. The van der Waals surface area contributed by atoms with Crippen LogP contribution in [0.2, 0.25) is 0 Å². The molecule has 9 fully saturated rings. The zero-order valence-electron chi connectivity index (χ0n) is 49.2. The number of hydrogen-bond acceptors (Lipinski definition) is 30. The Morgan fingerprint density at radius 3 is 1.79 bits per heavy atom. The topological polar surface area (TPSA) is 472 Å². The highest BCUT2D eigenvalue weighted by molar-refractivity contribution is 5.97. The van der Waals surface area contributed by atoms with Gasteiger partial charge in [-0.05, 0) is 73.7 Å². The van der Waals surface area contributed by atoms with Crippen molar-refractivity contribution in [1.82, 2.24) is 0 Å². The quantitative estimate of drug-likeness (QED) is 0.0535. The number of allylic oxidation sites excluding steroid dienone is 2. The minimum atomic E-state index is -2.06. The number of ether oxygens (including phenoxy) is 12. The van der Waals surface area contributed by atoms with E-state index in [0.29, 0.717) is 32.1 Å². The molecular weight excluding hydrogens is 1160 g/mol. The van der Waals surface area contributed by atoms with E-state index in [9.17, 15) is 91.6 Å². The molecule has 6 aliphatic heterocycles. The first kappa shape index (κ1) is 68.1. The summed E-state index contributed by atoms with van der Waals surface area (Å²) in [5, 5.41) is 182. The lowest BCUT2D eigenvalue weighted by Gasteiger charge is -2.57. The van der Waals surface area contributed by atoms with Crippen LogP contribution in [0.3, 0.4) is 0 Å². The summed E-state index contributed by atoms with van der Waals surface area (Å²) < 4.78 is 72.0. The first-order chi connectivity index (χ1) is 41.2. The second-order valence-corrected chi connectivity index (χ2v) is 26.4. The molecule has 36 atom stereocenters. The maximum atomic E-state index is 14.9. The molecule has 0 bridgehead atoms. The van der Waals surface area contributed by atoms with Crippen molar-refractivity contribution in [2.75, 3.05) is 46.8 Å². The molecule has 87 heavy (non-hydrogen) atoms. The van der Waals surface area contributed by atoms with E-state index < -0.39 is 209 Å². The van der Waals surface area contributed by atoms with Gasteiger partial charge in [-0.1, -0.05) is 33.3 Å². The fourth-order valence-corrected chi connectivity index (χ4v) is 16.2. The summed E-state index contributed by atoms with van der Waals surface area (Å²) in [6.07, 6.45) is -39.2. The number of hydrogen-bond donors (Lipinski definition) is 17. The normalized spacial score (nSPS) is 53.9. The highest BCUT2D eigenvalue weighted by atomic mass is 16.8. The maximum absolute atomic E-state index is 14.9. The fourth-order valence-electron chi connectivity index (χ4n) is 16.2. The van der Waals surface area contributed by atoms with E-state index in [0.717, 1.165) is 5.57 Å². The number of methoxy groups -OCH3 is 1. The summed E-state index contributed by atoms with van der Waals surface area (Å²) in [6.45, 7) is 4.32. The van der Waals surface area contributed by atoms with E-state index in [-0.39, 0.29) is 66.8 Å². The molecule has 30 heteroatoms. The van der Waals surface area contributed by atoms with Gasteiger partial charge in [0, 0.05) is 30.8 Å². The number of carbonyl (C=O) groups is 1. The number of ketones is 1. The predicted molar refractivity (Wildman–Crippen MR) is 285 cm³/mol. The van der Waals surface area contributed by atoms with Gasteiger partial charge in [-0.2, -0.15) is 0 Å². The van der Waals surface area contributed by atoms with Gasteiger partial charge in [0.1, 0.15) is 116 Å². The molecule has 0 spiro atoms. The zero-order valence-corrected chi connectivity index (χ0v) is 49.2. The van der Waals surface area contributed by atoms with Crippen molar-refractivity contribution in [3.05, 3.63) is 11.6 Å². The van der Waals surface area contributed by atoms with Crippen LogP contribution in [0.25, 0.3) is 0 Å². The number of aliphatic hydroxyl groups is 17. The molecule has 500 valence electrons. The minimum Gasteiger partial charge on any atom is -0.394 e. The van der Waals surface area contributed by atoms with E-state index in [1.165, 1.54) is 0 Å². The summed E-state index contributed by atoms with van der Waals surface area (Å²) in [6, 6.07) is 0. The van der Waals surface area contributed by atoms with Gasteiger partial charge in [-0.15, -0.1) is 0 Å². The van der Waals surface area contributed by atoms with E-state index in [1.807, 2.05) is 20.8 Å². The maximum Gasteiger partial charge on any atom is 0.187 e. The Kier molecular flexibility index (Phi) is 21.1. The van der Waals surface area contributed by atoms with Crippen LogP contribution in [0.4, 0.5) is 0 Å². The summed E-state index contributed by atoms with van der Waals surface area (Å²) in [4.78, 5) is 14.9. The average molecular weight is 1260 g/mol. The molecule has 17 N–H and O–H groups in total. The lowest BCUT2D eigenvalue weighted by Crippen LogP contribution is -2.68. The van der Waals surface area contributed by atoms with Gasteiger partial charge in [0.25, 0.3) is 0 Å². The van der Waals surface area contributed by atoms with Crippen molar-refractivity contribution in [2.24, 2.45) is 46.3 Å². The van der Waals surface area contributed by atoms with Crippen molar-refractivity contribution < 1.29 is 148 Å². The summed E-state index contributed by atoms with van der Waals surface area (Å²) in [5.41, 5.74) is -0.516. The Morgan fingerprint density at radius 1 is 0.598 bits per heavy atom. The van der Waals surface area contributed by atoms with Gasteiger partial charge in [0.2, 0.25) is 0 Å². The molecule has 0 radical (unpaired) electrons. The Hall–Kier alpha value is -1.75. The molecule has 0 aromatic heterocycles. The Bertz CT molecular complexity index is 2340. The van der Waals surface area contributed by atoms with E-state index in [1.54, 1.807) is 13.2 Å². The van der Waals surface area contributed by atoms with Gasteiger partial charge in [0.05, 0.1) is 58.0 Å². The molecule has 4 aliphatic carbocycles. The Morgan fingerprint density at radius 2 is 1.15 bits per heavy atom. The van der Waals surface area contributed by atoms with E-state index in [2.05, 4.69) is 6.92 Å². The van der Waals surface area contributed by atoms with Crippen LogP contribution in [0.15, 0.2) is 11.6 Å². The molecule has 0 aromatic rings. The highest BCUT2D eigenvalue weighted by Gasteiger charge is 2.71. The van der Waals surface area contributed by atoms with E-state index >= 15 is 0 Å². The molecule has 6 heterocycles. The van der Waals surface area contributed by atoms with Gasteiger partial charge in [-0.25, -0.2) is 0 Å². The molecule has 0 unspecified atom stereocenters. The smallest absolute Gasteiger partial charge is 0.187 e. The van der Waals surface area contributed by atoms with Gasteiger partial charge in [-0.3, -0.25) is 4.79 Å². The number of aliphatic hydroxyl groups excluding tert-OH is 17. The number of fused-ring (bicyclic) bond motifs is 7. The molecule has 10 rings (SSSR count). The van der Waals surface area contributed by atoms with Gasteiger partial charge < -0.3 is 144 Å². The first-order valence-corrected chi connectivity index (χ1v) is 30.5. The van der Waals surface area contributed by atoms with Crippen LogP contribution in [0.1, 0.15) is 72.6 Å². The summed E-state index contributed by atoms with van der Waals surface area (Å²) in [7, 11) is 1.60. The summed E-state index contributed by atoms with van der Waals surface area (Å²) >= 11 is 0. The second-order valence-electron chi connectivity index (χ2n) is 26.4. The van der Waals surface area contributed by atoms with Gasteiger partial charge >= 0.3 is 0 Å². The van der Waals surface area contributed by atoms with Crippen molar-refractivity contribution >= 4 is 5.78 Å². The van der Waals surface area contributed by atoms with Gasteiger partial charge in [0.15, 0.2) is 43.0 Å². The van der Waals surface area contributed by atoms with Crippen molar-refractivity contribution in [1.29, 1.82) is 0 Å². The number of rotatable bonds is 19. The van der Waals surface area contributed by atoms with Crippen LogP contribution in [-0.2, 0) is 61.6 Å². The monoisotopic (exact) mass is 1260 g/mol. The van der Waals surface area contributed by atoms with Crippen molar-refractivity contribution in [2.45, 2.75) is 244 Å². The fraction of sp³-hybridized carbons (Fsp3) is 0.947. The van der Waals surface area contributed by atoms with Crippen LogP contribution in [0, 0.1) is 46.3 Å². The minimum absolute atomic E-state index is 0.0142. The van der Waals surface area contributed by atoms with E-state index in [4.69, 9.17) is 56.8 Å². The highest BCUT2D eigenvalue weighted by Crippen LogP contribution is 2.69. The van der Waals surface area contributed by atoms with Crippen LogP contribution >= 0.6 is 0 Å². The molecule has 10 aliphatic rings. The van der Waals surface area contributed by atoms with Crippen LogP contribution < -0.4 is 0 Å². The molecular formula is C57H92O30. The Labute approximate surface area is 501 Å². The molecule has 0 amide bonds. The molecule has 3 saturated carbocycles.